The Labute approximate surface area is 138 Å². The van der Waals surface area contributed by atoms with Crippen LogP contribution in [0.4, 0.5) is 0 Å². The molecule has 2 aromatic rings. The van der Waals surface area contributed by atoms with E-state index in [1.54, 1.807) is 6.20 Å². The standard InChI is InChI=1S/C20H24N2O/c23-20(14-18-12-6-7-13-21-18)22-15-19(17-10-4-5-11-17)16-8-2-1-3-9-16/h1-3,6-9,12-13,17,19H,4-5,10-11,14-15H2,(H,22,23)/t19-/m1/s1. The molecule has 1 heterocycles. The lowest BCUT2D eigenvalue weighted by atomic mass is 9.85. The lowest BCUT2D eigenvalue weighted by molar-refractivity contribution is -0.120. The molecule has 3 rings (SSSR count). The van der Waals surface area contributed by atoms with Crippen LogP contribution in [-0.2, 0) is 11.2 Å². The summed E-state index contributed by atoms with van der Waals surface area (Å²) in [6.45, 7) is 0.723. The minimum atomic E-state index is 0.0580. The maximum atomic E-state index is 12.2. The molecule has 0 spiro atoms. The van der Waals surface area contributed by atoms with Crippen molar-refractivity contribution < 1.29 is 4.79 Å². The van der Waals surface area contributed by atoms with E-state index >= 15 is 0 Å². The molecule has 0 bridgehead atoms. The van der Waals surface area contributed by atoms with Crippen LogP contribution < -0.4 is 5.32 Å². The van der Waals surface area contributed by atoms with Gasteiger partial charge in [-0.2, -0.15) is 0 Å². The Kier molecular flexibility index (Phi) is 5.41. The van der Waals surface area contributed by atoms with E-state index in [1.807, 2.05) is 18.2 Å². The summed E-state index contributed by atoms with van der Waals surface area (Å²) in [4.78, 5) is 16.4. The fourth-order valence-electron chi connectivity index (χ4n) is 3.57. The fourth-order valence-corrected chi connectivity index (χ4v) is 3.57. The first kappa shape index (κ1) is 15.7. The highest BCUT2D eigenvalue weighted by Gasteiger charge is 2.26. The molecule has 1 aromatic heterocycles. The summed E-state index contributed by atoms with van der Waals surface area (Å²) in [5, 5.41) is 3.13. The maximum absolute atomic E-state index is 12.2. The Hall–Kier alpha value is -2.16. The van der Waals surface area contributed by atoms with Crippen LogP contribution in [0.15, 0.2) is 54.7 Å². The summed E-state index contributed by atoms with van der Waals surface area (Å²) < 4.78 is 0. The molecule has 1 aliphatic carbocycles. The number of carbonyl (C=O) groups is 1. The third-order valence-electron chi connectivity index (χ3n) is 4.78. The van der Waals surface area contributed by atoms with Gasteiger partial charge in [-0.25, -0.2) is 0 Å². The van der Waals surface area contributed by atoms with Crippen molar-refractivity contribution in [3.05, 3.63) is 66.0 Å². The molecule has 1 saturated carbocycles. The van der Waals surface area contributed by atoms with Gasteiger partial charge in [-0.05, 0) is 36.5 Å². The predicted molar refractivity (Wildman–Crippen MR) is 92.1 cm³/mol. The number of hydrogen-bond acceptors (Lipinski definition) is 2. The zero-order chi connectivity index (χ0) is 15.9. The molecular weight excluding hydrogens is 284 g/mol. The first-order valence-corrected chi connectivity index (χ1v) is 8.54. The third-order valence-corrected chi connectivity index (χ3v) is 4.78. The normalized spacial score (nSPS) is 16.2. The molecular formula is C20H24N2O. The van der Waals surface area contributed by atoms with Crippen molar-refractivity contribution in [1.29, 1.82) is 0 Å². The van der Waals surface area contributed by atoms with E-state index < -0.39 is 0 Å². The van der Waals surface area contributed by atoms with Gasteiger partial charge in [0.2, 0.25) is 5.91 Å². The van der Waals surface area contributed by atoms with Crippen LogP contribution in [0, 0.1) is 5.92 Å². The second-order valence-corrected chi connectivity index (χ2v) is 6.36. The predicted octanol–water partition coefficient (Wildman–Crippen LogP) is 3.71. The van der Waals surface area contributed by atoms with Crippen molar-refractivity contribution in [2.45, 2.75) is 38.0 Å². The quantitative estimate of drug-likeness (QED) is 0.884. The van der Waals surface area contributed by atoms with E-state index in [9.17, 15) is 4.79 Å². The third kappa shape index (κ3) is 4.41. The van der Waals surface area contributed by atoms with Gasteiger partial charge in [0.25, 0.3) is 0 Å². The summed E-state index contributed by atoms with van der Waals surface area (Å²) in [6.07, 6.45) is 7.26. The number of hydrogen-bond donors (Lipinski definition) is 1. The average molecular weight is 308 g/mol. The van der Waals surface area contributed by atoms with Gasteiger partial charge in [-0.1, -0.05) is 49.2 Å². The van der Waals surface area contributed by atoms with Gasteiger partial charge in [-0.3, -0.25) is 9.78 Å². The minimum Gasteiger partial charge on any atom is -0.355 e. The lowest BCUT2D eigenvalue weighted by Crippen LogP contribution is -2.32. The molecule has 0 aliphatic heterocycles. The highest BCUT2D eigenvalue weighted by atomic mass is 16.1. The molecule has 1 fully saturated rings. The van der Waals surface area contributed by atoms with Gasteiger partial charge in [0.05, 0.1) is 6.42 Å². The molecule has 1 atom stereocenters. The SMILES string of the molecule is O=C(Cc1ccccn1)NC[C@H](c1ccccc1)C1CCCC1. The van der Waals surface area contributed by atoms with E-state index in [2.05, 4.69) is 40.6 Å². The molecule has 0 unspecified atom stereocenters. The molecule has 23 heavy (non-hydrogen) atoms. The first-order chi connectivity index (χ1) is 11.3. The van der Waals surface area contributed by atoms with Gasteiger partial charge in [0.1, 0.15) is 0 Å². The number of nitrogens with one attached hydrogen (secondary N) is 1. The van der Waals surface area contributed by atoms with E-state index in [0.29, 0.717) is 18.3 Å². The van der Waals surface area contributed by atoms with E-state index in [1.165, 1.54) is 31.2 Å². The van der Waals surface area contributed by atoms with Crippen molar-refractivity contribution in [2.24, 2.45) is 5.92 Å². The maximum Gasteiger partial charge on any atom is 0.226 e. The fraction of sp³-hybridized carbons (Fsp3) is 0.400. The highest BCUT2D eigenvalue weighted by Crippen LogP contribution is 2.36. The molecule has 1 N–H and O–H groups in total. The van der Waals surface area contributed by atoms with Gasteiger partial charge in [0, 0.05) is 24.4 Å². The number of nitrogens with zero attached hydrogens (tertiary/aromatic N) is 1. The Morgan fingerprint density at radius 2 is 1.83 bits per heavy atom. The van der Waals surface area contributed by atoms with Crippen LogP contribution in [0.25, 0.3) is 0 Å². The van der Waals surface area contributed by atoms with Crippen LogP contribution >= 0.6 is 0 Å². The molecule has 3 heteroatoms. The van der Waals surface area contributed by atoms with E-state index in [-0.39, 0.29) is 5.91 Å². The minimum absolute atomic E-state index is 0.0580. The van der Waals surface area contributed by atoms with Crippen molar-refractivity contribution >= 4 is 5.91 Å². The monoisotopic (exact) mass is 308 g/mol. The zero-order valence-corrected chi connectivity index (χ0v) is 13.4. The van der Waals surface area contributed by atoms with Gasteiger partial charge >= 0.3 is 0 Å². The second-order valence-electron chi connectivity index (χ2n) is 6.36. The summed E-state index contributed by atoms with van der Waals surface area (Å²) >= 11 is 0. The Morgan fingerprint density at radius 3 is 2.52 bits per heavy atom. The van der Waals surface area contributed by atoms with Crippen molar-refractivity contribution in [3.8, 4) is 0 Å². The molecule has 1 aromatic carbocycles. The second kappa shape index (κ2) is 7.91. The van der Waals surface area contributed by atoms with Gasteiger partial charge < -0.3 is 5.32 Å². The Balaban J connectivity index is 1.61. The van der Waals surface area contributed by atoms with Crippen LogP contribution in [0.1, 0.15) is 42.9 Å². The number of amides is 1. The zero-order valence-electron chi connectivity index (χ0n) is 13.4. The number of benzene rings is 1. The van der Waals surface area contributed by atoms with Crippen molar-refractivity contribution in [3.63, 3.8) is 0 Å². The van der Waals surface area contributed by atoms with E-state index in [4.69, 9.17) is 0 Å². The highest BCUT2D eigenvalue weighted by molar-refractivity contribution is 5.78. The molecule has 0 saturated heterocycles. The topological polar surface area (TPSA) is 42.0 Å². The first-order valence-electron chi connectivity index (χ1n) is 8.54. The molecule has 1 amide bonds. The molecule has 3 nitrogen and oxygen atoms in total. The number of carbonyl (C=O) groups excluding carboxylic acids is 1. The van der Waals surface area contributed by atoms with Crippen LogP contribution in [0.3, 0.4) is 0 Å². The number of aromatic nitrogens is 1. The van der Waals surface area contributed by atoms with E-state index in [0.717, 1.165) is 12.2 Å². The van der Waals surface area contributed by atoms with Crippen LogP contribution in [-0.4, -0.2) is 17.4 Å². The summed E-state index contributed by atoms with van der Waals surface area (Å²) in [5.74, 6) is 1.17. The average Bonchev–Trinajstić information content (AvgIpc) is 3.11. The van der Waals surface area contributed by atoms with Crippen molar-refractivity contribution in [2.75, 3.05) is 6.54 Å². The molecule has 1 aliphatic rings. The lowest BCUT2D eigenvalue weighted by Gasteiger charge is -2.24. The van der Waals surface area contributed by atoms with Crippen molar-refractivity contribution in [1.82, 2.24) is 10.3 Å². The summed E-state index contributed by atoms with van der Waals surface area (Å²) in [7, 11) is 0. The van der Waals surface area contributed by atoms with Crippen LogP contribution in [0.5, 0.6) is 0 Å². The Morgan fingerprint density at radius 1 is 1.09 bits per heavy atom. The van der Waals surface area contributed by atoms with Gasteiger partial charge in [-0.15, -0.1) is 0 Å². The summed E-state index contributed by atoms with van der Waals surface area (Å²) in [5.41, 5.74) is 2.17. The smallest absolute Gasteiger partial charge is 0.226 e. The van der Waals surface area contributed by atoms with Gasteiger partial charge in [0.15, 0.2) is 0 Å². The molecule has 0 radical (unpaired) electrons. The number of rotatable bonds is 6. The van der Waals surface area contributed by atoms with Crippen LogP contribution in [0.2, 0.25) is 0 Å². The Bertz CT molecular complexity index is 606. The number of pyridine rings is 1. The molecule has 120 valence electrons. The summed E-state index contributed by atoms with van der Waals surface area (Å²) in [6, 6.07) is 16.3. The largest absolute Gasteiger partial charge is 0.355 e.